The molecule has 0 saturated carbocycles. The van der Waals surface area contributed by atoms with Crippen molar-refractivity contribution in [3.05, 3.63) is 69.3 Å². The first-order chi connectivity index (χ1) is 11.0. The third kappa shape index (κ3) is 2.59. The van der Waals surface area contributed by atoms with Crippen molar-refractivity contribution >= 4 is 22.9 Å². The number of nitrogens with zero attached hydrogens (tertiary/aromatic N) is 3. The second-order valence-electron chi connectivity index (χ2n) is 5.49. The summed E-state index contributed by atoms with van der Waals surface area (Å²) in [6.07, 6.45) is 0. The Morgan fingerprint density at radius 3 is 2.48 bits per heavy atom. The Morgan fingerprint density at radius 2 is 1.83 bits per heavy atom. The number of nitro groups is 1. The first-order valence-electron chi connectivity index (χ1n) is 7.12. The normalized spacial score (nSPS) is 13.3. The standard InChI is InChI=1S/C17H15N3O3/c1-19(2)14-8-7-11(9-15(14)20(22)23)17-13-6-4-3-5-12(13)16(21)10-18-17/h3-9H,10H2,1-2H3. The van der Waals surface area contributed by atoms with E-state index in [0.29, 0.717) is 22.5 Å². The van der Waals surface area contributed by atoms with Crippen LogP contribution in [0.4, 0.5) is 11.4 Å². The minimum Gasteiger partial charge on any atom is -0.372 e. The Morgan fingerprint density at radius 1 is 1.13 bits per heavy atom. The molecule has 0 N–H and O–H groups in total. The van der Waals surface area contributed by atoms with E-state index < -0.39 is 4.92 Å². The molecule has 1 heterocycles. The van der Waals surface area contributed by atoms with Crippen LogP contribution in [-0.2, 0) is 0 Å². The first-order valence-corrected chi connectivity index (χ1v) is 7.12. The lowest BCUT2D eigenvalue weighted by atomic mass is 9.92. The van der Waals surface area contributed by atoms with Gasteiger partial charge in [-0.3, -0.25) is 19.9 Å². The van der Waals surface area contributed by atoms with Gasteiger partial charge in [0.1, 0.15) is 12.2 Å². The number of benzene rings is 2. The molecule has 1 aliphatic heterocycles. The third-order valence-corrected chi connectivity index (χ3v) is 3.79. The lowest BCUT2D eigenvalue weighted by molar-refractivity contribution is -0.384. The van der Waals surface area contributed by atoms with Gasteiger partial charge in [-0.2, -0.15) is 0 Å². The molecule has 23 heavy (non-hydrogen) atoms. The van der Waals surface area contributed by atoms with E-state index in [1.165, 1.54) is 6.07 Å². The number of carbonyl (C=O) groups is 1. The zero-order chi connectivity index (χ0) is 16.6. The SMILES string of the molecule is CN(C)c1ccc(C2=NCC(=O)c3ccccc32)cc1[N+](=O)[O-]. The lowest BCUT2D eigenvalue weighted by Gasteiger charge is -2.18. The molecule has 6 nitrogen and oxygen atoms in total. The molecule has 0 fully saturated rings. The molecule has 0 aromatic heterocycles. The fourth-order valence-corrected chi connectivity index (χ4v) is 2.70. The fraction of sp³-hybridized carbons (Fsp3) is 0.176. The molecule has 3 rings (SSSR count). The van der Waals surface area contributed by atoms with E-state index in [0.717, 1.165) is 5.56 Å². The molecule has 1 aliphatic rings. The van der Waals surface area contributed by atoms with Crippen LogP contribution in [0.25, 0.3) is 0 Å². The summed E-state index contributed by atoms with van der Waals surface area (Å²) in [6.45, 7) is 0.0651. The molecule has 0 aliphatic carbocycles. The number of anilines is 1. The Hall–Kier alpha value is -3.02. The second kappa shape index (κ2) is 5.64. The predicted octanol–water partition coefficient (Wildman–Crippen LogP) is 2.69. The summed E-state index contributed by atoms with van der Waals surface area (Å²) in [6, 6.07) is 12.2. The van der Waals surface area contributed by atoms with Crippen LogP contribution in [0.15, 0.2) is 47.5 Å². The molecule has 116 valence electrons. The topological polar surface area (TPSA) is 75.8 Å². The number of aliphatic imine (C=N–C) groups is 1. The molecule has 0 bridgehead atoms. The molecule has 0 radical (unpaired) electrons. The van der Waals surface area contributed by atoms with Crippen LogP contribution >= 0.6 is 0 Å². The molecule has 0 saturated heterocycles. The summed E-state index contributed by atoms with van der Waals surface area (Å²) in [5.41, 5.74) is 3.13. The van der Waals surface area contributed by atoms with Gasteiger partial charge in [0.25, 0.3) is 5.69 Å². The van der Waals surface area contributed by atoms with E-state index in [-0.39, 0.29) is 18.0 Å². The van der Waals surface area contributed by atoms with Crippen molar-refractivity contribution in [1.82, 2.24) is 0 Å². The summed E-state index contributed by atoms with van der Waals surface area (Å²) in [4.78, 5) is 28.9. The lowest BCUT2D eigenvalue weighted by Crippen LogP contribution is -2.20. The van der Waals surface area contributed by atoms with Gasteiger partial charge in [-0.05, 0) is 6.07 Å². The summed E-state index contributed by atoms with van der Waals surface area (Å²) in [5, 5.41) is 11.3. The quantitative estimate of drug-likeness (QED) is 0.645. The minimum atomic E-state index is -0.403. The van der Waals surface area contributed by atoms with Crippen molar-refractivity contribution in [3.8, 4) is 0 Å². The molecule has 0 atom stereocenters. The van der Waals surface area contributed by atoms with E-state index in [1.807, 2.05) is 12.1 Å². The van der Waals surface area contributed by atoms with Crippen molar-refractivity contribution in [3.63, 3.8) is 0 Å². The highest BCUT2D eigenvalue weighted by Crippen LogP contribution is 2.30. The van der Waals surface area contributed by atoms with Crippen molar-refractivity contribution in [2.24, 2.45) is 4.99 Å². The zero-order valence-corrected chi connectivity index (χ0v) is 12.8. The largest absolute Gasteiger partial charge is 0.372 e. The van der Waals surface area contributed by atoms with Crippen LogP contribution in [0.2, 0.25) is 0 Å². The molecular formula is C17H15N3O3. The number of rotatable bonds is 3. The van der Waals surface area contributed by atoms with Crippen LogP contribution < -0.4 is 4.90 Å². The van der Waals surface area contributed by atoms with E-state index in [9.17, 15) is 14.9 Å². The van der Waals surface area contributed by atoms with Gasteiger partial charge in [-0.25, -0.2) is 0 Å². The van der Waals surface area contributed by atoms with Gasteiger partial charge in [-0.1, -0.05) is 30.3 Å². The van der Waals surface area contributed by atoms with Crippen LogP contribution in [0.1, 0.15) is 21.5 Å². The monoisotopic (exact) mass is 309 g/mol. The Bertz CT molecular complexity index is 841. The molecule has 0 unspecified atom stereocenters. The van der Waals surface area contributed by atoms with Gasteiger partial charge in [-0.15, -0.1) is 0 Å². The molecule has 0 amide bonds. The maximum Gasteiger partial charge on any atom is 0.293 e. The minimum absolute atomic E-state index is 0.0181. The second-order valence-corrected chi connectivity index (χ2v) is 5.49. The number of Topliss-reactive ketones (excluding diaryl/α,β-unsaturated/α-hetero) is 1. The Balaban J connectivity index is 2.15. The number of hydrogen-bond donors (Lipinski definition) is 0. The highest BCUT2D eigenvalue weighted by atomic mass is 16.6. The summed E-state index contributed by atoms with van der Waals surface area (Å²) >= 11 is 0. The number of hydrogen-bond acceptors (Lipinski definition) is 5. The summed E-state index contributed by atoms with van der Waals surface area (Å²) < 4.78 is 0. The van der Waals surface area contributed by atoms with Gasteiger partial charge in [0, 0.05) is 36.9 Å². The average Bonchev–Trinajstić information content (AvgIpc) is 2.55. The van der Waals surface area contributed by atoms with Crippen LogP contribution in [0.5, 0.6) is 0 Å². The molecule has 2 aromatic rings. The number of fused-ring (bicyclic) bond motifs is 1. The van der Waals surface area contributed by atoms with Gasteiger partial charge in [0.2, 0.25) is 0 Å². The van der Waals surface area contributed by atoms with Gasteiger partial charge >= 0.3 is 0 Å². The van der Waals surface area contributed by atoms with Crippen molar-refractivity contribution in [2.75, 3.05) is 25.5 Å². The third-order valence-electron chi connectivity index (χ3n) is 3.79. The van der Waals surface area contributed by atoms with Gasteiger partial charge in [0.05, 0.1) is 10.6 Å². The van der Waals surface area contributed by atoms with Crippen LogP contribution in [0.3, 0.4) is 0 Å². The molecule has 2 aromatic carbocycles. The summed E-state index contributed by atoms with van der Waals surface area (Å²) in [7, 11) is 3.52. The highest BCUT2D eigenvalue weighted by molar-refractivity contribution is 6.22. The van der Waals surface area contributed by atoms with E-state index >= 15 is 0 Å². The highest BCUT2D eigenvalue weighted by Gasteiger charge is 2.24. The summed E-state index contributed by atoms with van der Waals surface area (Å²) in [5.74, 6) is -0.0382. The van der Waals surface area contributed by atoms with E-state index in [4.69, 9.17) is 0 Å². The van der Waals surface area contributed by atoms with Gasteiger partial charge < -0.3 is 4.90 Å². The first kappa shape index (κ1) is 14.9. The number of ketones is 1. The van der Waals surface area contributed by atoms with E-state index in [1.54, 1.807) is 43.3 Å². The number of carbonyl (C=O) groups excluding carboxylic acids is 1. The van der Waals surface area contributed by atoms with Crippen molar-refractivity contribution < 1.29 is 9.72 Å². The maximum atomic E-state index is 12.0. The predicted molar refractivity (Wildman–Crippen MR) is 88.7 cm³/mol. The average molecular weight is 309 g/mol. The smallest absolute Gasteiger partial charge is 0.293 e. The fourth-order valence-electron chi connectivity index (χ4n) is 2.70. The number of nitro benzene ring substituents is 1. The van der Waals surface area contributed by atoms with Crippen molar-refractivity contribution in [1.29, 1.82) is 0 Å². The molecule has 0 spiro atoms. The Labute approximate surface area is 133 Å². The van der Waals surface area contributed by atoms with Crippen LogP contribution in [-0.4, -0.2) is 37.1 Å². The van der Waals surface area contributed by atoms with Crippen LogP contribution in [0, 0.1) is 10.1 Å². The van der Waals surface area contributed by atoms with E-state index in [2.05, 4.69) is 4.99 Å². The Kier molecular flexibility index (Phi) is 3.65. The van der Waals surface area contributed by atoms with Crippen molar-refractivity contribution in [2.45, 2.75) is 0 Å². The van der Waals surface area contributed by atoms with Gasteiger partial charge in [0.15, 0.2) is 5.78 Å². The zero-order valence-electron chi connectivity index (χ0n) is 12.8. The molecule has 6 heteroatoms. The molecular weight excluding hydrogens is 294 g/mol. The maximum absolute atomic E-state index is 12.0.